The van der Waals surface area contributed by atoms with Crippen molar-refractivity contribution in [2.75, 3.05) is 24.7 Å². The Morgan fingerprint density at radius 3 is 2.56 bits per heavy atom. The Labute approximate surface area is 193 Å². The number of carbonyl (C=O) groups is 2. The van der Waals surface area contributed by atoms with Gasteiger partial charge in [-0.25, -0.2) is 0 Å². The smallest absolute Gasteiger partial charge is 0.251 e. The first kappa shape index (κ1) is 22.4. The zero-order valence-corrected chi connectivity index (χ0v) is 18.9. The average molecular weight is 457 g/mol. The molecular weight excluding hydrogens is 428 g/mol. The number of nitrogens with one attached hydrogen (secondary N) is 2. The van der Waals surface area contributed by atoms with Gasteiger partial charge in [0.15, 0.2) is 0 Å². The number of nitrogen functional groups attached to an aromatic ring is 1. The van der Waals surface area contributed by atoms with Gasteiger partial charge in [0.25, 0.3) is 5.91 Å². The van der Waals surface area contributed by atoms with E-state index in [1.165, 1.54) is 7.11 Å². The molecule has 2 aliphatic heterocycles. The summed E-state index contributed by atoms with van der Waals surface area (Å²) >= 11 is 6.17. The zero-order valence-electron chi connectivity index (χ0n) is 18.1. The molecule has 4 rings (SSSR count). The van der Waals surface area contributed by atoms with Crippen LogP contribution in [0.25, 0.3) is 0 Å². The van der Waals surface area contributed by atoms with Crippen LogP contribution in [0.5, 0.6) is 5.75 Å². The van der Waals surface area contributed by atoms with Gasteiger partial charge < -0.3 is 21.1 Å². The van der Waals surface area contributed by atoms with Gasteiger partial charge in [0.05, 0.1) is 30.1 Å². The SMILES string of the molecule is COc1cc(C(=O)NC2CC3CCCC(C2)N3CC(=O)Nc2ccccc2Cl)ccc1N. The van der Waals surface area contributed by atoms with E-state index in [1.807, 2.05) is 12.1 Å². The number of ether oxygens (including phenoxy) is 1. The maximum atomic E-state index is 12.8. The molecule has 0 aliphatic carbocycles. The highest BCUT2D eigenvalue weighted by Crippen LogP contribution is 2.34. The molecule has 0 radical (unpaired) electrons. The van der Waals surface area contributed by atoms with E-state index in [0.29, 0.717) is 34.3 Å². The largest absolute Gasteiger partial charge is 0.495 e. The predicted molar refractivity (Wildman–Crippen MR) is 126 cm³/mol. The van der Waals surface area contributed by atoms with Crippen molar-refractivity contribution in [3.63, 3.8) is 0 Å². The van der Waals surface area contributed by atoms with Crippen LogP contribution in [-0.2, 0) is 4.79 Å². The Morgan fingerprint density at radius 1 is 1.16 bits per heavy atom. The van der Waals surface area contributed by atoms with Crippen LogP contribution in [0, 0.1) is 0 Å². The van der Waals surface area contributed by atoms with E-state index in [9.17, 15) is 9.59 Å². The summed E-state index contributed by atoms with van der Waals surface area (Å²) in [5.74, 6) is 0.302. The highest BCUT2D eigenvalue weighted by molar-refractivity contribution is 6.33. The number of rotatable bonds is 6. The van der Waals surface area contributed by atoms with Crippen molar-refractivity contribution >= 4 is 34.8 Å². The maximum absolute atomic E-state index is 12.8. The molecule has 0 aromatic heterocycles. The fourth-order valence-electron chi connectivity index (χ4n) is 4.89. The highest BCUT2D eigenvalue weighted by atomic mass is 35.5. The molecule has 2 unspecified atom stereocenters. The van der Waals surface area contributed by atoms with Crippen molar-refractivity contribution in [2.24, 2.45) is 0 Å². The second-order valence-electron chi connectivity index (χ2n) is 8.54. The van der Waals surface area contributed by atoms with Gasteiger partial charge in [0, 0.05) is 23.7 Å². The van der Waals surface area contributed by atoms with E-state index in [4.69, 9.17) is 22.1 Å². The lowest BCUT2D eigenvalue weighted by molar-refractivity contribution is -0.120. The molecule has 4 N–H and O–H groups in total. The van der Waals surface area contributed by atoms with Gasteiger partial charge in [0.2, 0.25) is 5.91 Å². The minimum absolute atomic E-state index is 0.0635. The number of anilines is 2. The van der Waals surface area contributed by atoms with Gasteiger partial charge in [-0.2, -0.15) is 0 Å². The number of piperidine rings is 2. The highest BCUT2D eigenvalue weighted by Gasteiger charge is 2.39. The summed E-state index contributed by atoms with van der Waals surface area (Å²) in [7, 11) is 1.53. The summed E-state index contributed by atoms with van der Waals surface area (Å²) in [5, 5.41) is 6.63. The van der Waals surface area contributed by atoms with E-state index in [-0.39, 0.29) is 29.9 Å². The molecule has 8 heteroatoms. The lowest BCUT2D eigenvalue weighted by Gasteiger charge is -2.48. The van der Waals surface area contributed by atoms with Crippen molar-refractivity contribution in [3.8, 4) is 5.75 Å². The number of nitrogens with zero attached hydrogens (tertiary/aromatic N) is 1. The molecule has 2 amide bonds. The summed E-state index contributed by atoms with van der Waals surface area (Å²) in [5.41, 5.74) is 7.52. The standard InChI is InChI=1S/C24H29ClN4O3/c1-32-22-11-15(9-10-20(22)26)24(31)27-16-12-17-5-4-6-18(13-16)29(17)14-23(30)28-21-8-3-2-7-19(21)25/h2-3,7-11,16-18H,4-6,12-14,26H2,1H3,(H,27,31)(H,28,30). The van der Waals surface area contributed by atoms with Gasteiger partial charge >= 0.3 is 0 Å². The molecule has 7 nitrogen and oxygen atoms in total. The molecule has 2 heterocycles. The third-order valence-electron chi connectivity index (χ3n) is 6.43. The Kier molecular flexibility index (Phi) is 6.86. The number of halogens is 1. The van der Waals surface area contributed by atoms with Crippen molar-refractivity contribution in [2.45, 2.75) is 50.2 Å². The predicted octanol–water partition coefficient (Wildman–Crippen LogP) is 3.68. The van der Waals surface area contributed by atoms with E-state index in [1.54, 1.807) is 30.3 Å². The second-order valence-corrected chi connectivity index (χ2v) is 8.94. The molecule has 2 aromatic carbocycles. The topological polar surface area (TPSA) is 96.7 Å². The molecule has 0 saturated carbocycles. The quantitative estimate of drug-likeness (QED) is 0.576. The molecule has 2 aromatic rings. The van der Waals surface area contributed by atoms with Crippen LogP contribution < -0.4 is 21.1 Å². The first-order valence-electron chi connectivity index (χ1n) is 11.0. The number of para-hydroxylation sites is 1. The van der Waals surface area contributed by atoms with Crippen LogP contribution in [0.4, 0.5) is 11.4 Å². The number of benzene rings is 2. The Balaban J connectivity index is 1.37. The third kappa shape index (κ3) is 5.00. The summed E-state index contributed by atoms with van der Waals surface area (Å²) < 4.78 is 5.23. The van der Waals surface area contributed by atoms with Crippen LogP contribution in [0.1, 0.15) is 42.5 Å². The molecular formula is C24H29ClN4O3. The number of amides is 2. The second kappa shape index (κ2) is 9.79. The molecule has 2 fully saturated rings. The Morgan fingerprint density at radius 2 is 1.88 bits per heavy atom. The van der Waals surface area contributed by atoms with E-state index < -0.39 is 0 Å². The number of carbonyl (C=O) groups excluding carboxylic acids is 2. The molecule has 0 spiro atoms. The normalized spacial score (nSPS) is 22.8. The third-order valence-corrected chi connectivity index (χ3v) is 6.76. The van der Waals surface area contributed by atoms with Crippen LogP contribution in [-0.4, -0.2) is 48.5 Å². The molecule has 2 bridgehead atoms. The van der Waals surface area contributed by atoms with Crippen molar-refractivity contribution < 1.29 is 14.3 Å². The number of hydrogen-bond donors (Lipinski definition) is 3. The van der Waals surface area contributed by atoms with Gasteiger partial charge in [-0.15, -0.1) is 0 Å². The molecule has 2 atom stereocenters. The van der Waals surface area contributed by atoms with Crippen LogP contribution >= 0.6 is 11.6 Å². The Bertz CT molecular complexity index is 985. The average Bonchev–Trinajstić information content (AvgIpc) is 2.76. The summed E-state index contributed by atoms with van der Waals surface area (Å²) in [4.78, 5) is 27.8. The molecule has 170 valence electrons. The fraction of sp³-hybridized carbons (Fsp3) is 0.417. The van der Waals surface area contributed by atoms with E-state index in [0.717, 1.165) is 32.1 Å². The van der Waals surface area contributed by atoms with Gasteiger partial charge in [-0.3, -0.25) is 14.5 Å². The maximum Gasteiger partial charge on any atom is 0.251 e. The van der Waals surface area contributed by atoms with E-state index >= 15 is 0 Å². The van der Waals surface area contributed by atoms with Gasteiger partial charge in [-0.05, 0) is 56.0 Å². The van der Waals surface area contributed by atoms with Crippen LogP contribution in [0.3, 0.4) is 0 Å². The van der Waals surface area contributed by atoms with Crippen molar-refractivity contribution in [1.29, 1.82) is 0 Å². The first-order chi connectivity index (χ1) is 15.4. The van der Waals surface area contributed by atoms with E-state index in [2.05, 4.69) is 15.5 Å². The monoisotopic (exact) mass is 456 g/mol. The molecule has 32 heavy (non-hydrogen) atoms. The summed E-state index contributed by atoms with van der Waals surface area (Å²) in [6.07, 6.45) is 4.85. The fourth-order valence-corrected chi connectivity index (χ4v) is 5.08. The minimum Gasteiger partial charge on any atom is -0.495 e. The minimum atomic E-state index is -0.128. The number of nitrogens with two attached hydrogens (primary N) is 1. The van der Waals surface area contributed by atoms with Crippen LogP contribution in [0.2, 0.25) is 5.02 Å². The molecule has 2 aliphatic rings. The number of methoxy groups -OCH3 is 1. The number of hydrogen-bond acceptors (Lipinski definition) is 5. The first-order valence-corrected chi connectivity index (χ1v) is 11.4. The van der Waals surface area contributed by atoms with Crippen molar-refractivity contribution in [1.82, 2.24) is 10.2 Å². The molecule has 2 saturated heterocycles. The lowest BCUT2D eigenvalue weighted by atomic mass is 9.81. The van der Waals surface area contributed by atoms with Crippen molar-refractivity contribution in [3.05, 3.63) is 53.1 Å². The zero-order chi connectivity index (χ0) is 22.7. The van der Waals surface area contributed by atoms with Crippen LogP contribution in [0.15, 0.2) is 42.5 Å². The lowest BCUT2D eigenvalue weighted by Crippen LogP contribution is -2.58. The summed E-state index contributed by atoms with van der Waals surface area (Å²) in [6.45, 7) is 0.330. The van der Waals surface area contributed by atoms with Gasteiger partial charge in [0.1, 0.15) is 5.75 Å². The number of fused-ring (bicyclic) bond motifs is 2. The summed E-state index contributed by atoms with van der Waals surface area (Å²) in [6, 6.07) is 12.9. The Hall–Kier alpha value is -2.77. The van der Waals surface area contributed by atoms with Gasteiger partial charge in [-0.1, -0.05) is 30.2 Å².